The lowest BCUT2D eigenvalue weighted by Gasteiger charge is -2.14. The van der Waals surface area contributed by atoms with Crippen LogP contribution in [0.15, 0.2) is 0 Å². The van der Waals surface area contributed by atoms with Crippen LogP contribution in [-0.2, 0) is 4.79 Å². The highest BCUT2D eigenvalue weighted by molar-refractivity contribution is 5.86. The summed E-state index contributed by atoms with van der Waals surface area (Å²) in [6.07, 6.45) is 6.64. The highest BCUT2D eigenvalue weighted by atomic mass is 16.1. The van der Waals surface area contributed by atoms with Gasteiger partial charge in [-0.3, -0.25) is 4.79 Å². The first-order valence-corrected chi connectivity index (χ1v) is 3.55. The van der Waals surface area contributed by atoms with Gasteiger partial charge in [0.05, 0.1) is 5.41 Å². The van der Waals surface area contributed by atoms with Crippen LogP contribution < -0.4 is 0 Å². The molecule has 0 radical (unpaired) electrons. The summed E-state index contributed by atoms with van der Waals surface area (Å²) in [4.78, 5) is 11.2. The van der Waals surface area contributed by atoms with Crippen LogP contribution >= 0.6 is 0 Å². The van der Waals surface area contributed by atoms with E-state index in [9.17, 15) is 4.79 Å². The van der Waals surface area contributed by atoms with Crippen LogP contribution in [0.25, 0.3) is 0 Å². The Hall–Kier alpha value is -0.770. The van der Waals surface area contributed by atoms with Gasteiger partial charge in [-0.15, -0.1) is 6.42 Å². The second kappa shape index (κ2) is 3.41. The third-order valence-corrected chi connectivity index (χ3v) is 1.54. The predicted molar refractivity (Wildman–Crippen MR) is 42.5 cm³/mol. The molecule has 1 heteroatoms. The van der Waals surface area contributed by atoms with Gasteiger partial charge in [-0.1, -0.05) is 12.8 Å². The van der Waals surface area contributed by atoms with Crippen LogP contribution in [0.1, 0.15) is 33.6 Å². The zero-order valence-corrected chi connectivity index (χ0v) is 6.90. The van der Waals surface area contributed by atoms with Crippen molar-refractivity contribution in [2.24, 2.45) is 5.41 Å². The Morgan fingerprint density at radius 1 is 1.60 bits per heavy atom. The maximum absolute atomic E-state index is 11.2. The van der Waals surface area contributed by atoms with E-state index in [2.05, 4.69) is 5.92 Å². The molecular formula is C9H14O. The van der Waals surface area contributed by atoms with Gasteiger partial charge in [0.25, 0.3) is 0 Å². The van der Waals surface area contributed by atoms with Gasteiger partial charge in [-0.2, -0.15) is 0 Å². The molecule has 0 fully saturated rings. The van der Waals surface area contributed by atoms with Crippen molar-refractivity contribution in [2.45, 2.75) is 33.6 Å². The van der Waals surface area contributed by atoms with Crippen molar-refractivity contribution in [1.29, 1.82) is 0 Å². The minimum atomic E-state index is -0.560. The molecule has 1 nitrogen and oxygen atoms in total. The standard InChI is InChI=1S/C9H14O/c1-5-7-8(10)9(3,4)6-2/h2H,5,7H2,1,3-4H3. The van der Waals surface area contributed by atoms with Gasteiger partial charge < -0.3 is 0 Å². The summed E-state index contributed by atoms with van der Waals surface area (Å²) in [6.45, 7) is 5.54. The van der Waals surface area contributed by atoms with E-state index in [4.69, 9.17) is 6.42 Å². The number of hydrogen-bond acceptors (Lipinski definition) is 1. The topological polar surface area (TPSA) is 17.1 Å². The van der Waals surface area contributed by atoms with Crippen molar-refractivity contribution in [3.8, 4) is 12.3 Å². The number of ketones is 1. The number of hydrogen-bond donors (Lipinski definition) is 0. The van der Waals surface area contributed by atoms with Gasteiger partial charge in [-0.25, -0.2) is 0 Å². The largest absolute Gasteiger partial charge is 0.298 e. The van der Waals surface area contributed by atoms with Crippen molar-refractivity contribution in [3.63, 3.8) is 0 Å². The molecule has 0 aromatic carbocycles. The molecule has 0 spiro atoms. The maximum Gasteiger partial charge on any atom is 0.150 e. The first-order valence-electron chi connectivity index (χ1n) is 3.55. The highest BCUT2D eigenvalue weighted by Crippen LogP contribution is 2.17. The molecule has 0 bridgehead atoms. The van der Waals surface area contributed by atoms with Crippen molar-refractivity contribution in [1.82, 2.24) is 0 Å². The molecule has 0 rings (SSSR count). The summed E-state index contributed by atoms with van der Waals surface area (Å²) in [6, 6.07) is 0. The van der Waals surface area contributed by atoms with E-state index < -0.39 is 5.41 Å². The molecule has 0 saturated heterocycles. The first-order chi connectivity index (χ1) is 4.54. The van der Waals surface area contributed by atoms with Crippen LogP contribution in [0.2, 0.25) is 0 Å². The Balaban J connectivity index is 4.09. The lowest BCUT2D eigenvalue weighted by Crippen LogP contribution is -2.21. The Morgan fingerprint density at radius 2 is 2.10 bits per heavy atom. The molecule has 0 unspecified atom stereocenters. The molecule has 0 aliphatic rings. The quantitative estimate of drug-likeness (QED) is 0.545. The summed E-state index contributed by atoms with van der Waals surface area (Å²) in [5, 5.41) is 0. The number of terminal acetylenes is 1. The van der Waals surface area contributed by atoms with Crippen LogP contribution in [0, 0.1) is 17.8 Å². The van der Waals surface area contributed by atoms with Crippen LogP contribution in [0.5, 0.6) is 0 Å². The zero-order valence-electron chi connectivity index (χ0n) is 6.90. The van der Waals surface area contributed by atoms with E-state index in [0.717, 1.165) is 6.42 Å². The van der Waals surface area contributed by atoms with E-state index in [1.54, 1.807) is 13.8 Å². The fourth-order valence-electron chi connectivity index (χ4n) is 0.620. The normalized spacial score (nSPS) is 10.6. The second-order valence-corrected chi connectivity index (χ2v) is 2.94. The number of Topliss-reactive ketones (excluding diaryl/α,β-unsaturated/α-hetero) is 1. The summed E-state index contributed by atoms with van der Waals surface area (Å²) < 4.78 is 0. The second-order valence-electron chi connectivity index (χ2n) is 2.94. The molecule has 0 amide bonds. The minimum absolute atomic E-state index is 0.164. The van der Waals surface area contributed by atoms with Crippen LogP contribution in [0.3, 0.4) is 0 Å². The van der Waals surface area contributed by atoms with Gasteiger partial charge in [0, 0.05) is 6.42 Å². The van der Waals surface area contributed by atoms with Crippen LogP contribution in [-0.4, -0.2) is 5.78 Å². The van der Waals surface area contributed by atoms with E-state index in [1.165, 1.54) is 0 Å². The Kier molecular flexibility index (Phi) is 3.15. The molecule has 0 atom stereocenters. The van der Waals surface area contributed by atoms with Crippen molar-refractivity contribution >= 4 is 5.78 Å². The molecule has 0 aromatic heterocycles. The van der Waals surface area contributed by atoms with Gasteiger partial charge in [0.1, 0.15) is 5.78 Å². The lowest BCUT2D eigenvalue weighted by atomic mass is 9.87. The fourth-order valence-corrected chi connectivity index (χ4v) is 0.620. The molecule has 10 heavy (non-hydrogen) atoms. The molecule has 0 saturated carbocycles. The average Bonchev–Trinajstić information content (AvgIpc) is 1.89. The average molecular weight is 138 g/mol. The third-order valence-electron chi connectivity index (χ3n) is 1.54. The van der Waals surface area contributed by atoms with E-state index >= 15 is 0 Å². The van der Waals surface area contributed by atoms with Crippen molar-refractivity contribution in [3.05, 3.63) is 0 Å². The van der Waals surface area contributed by atoms with Crippen molar-refractivity contribution in [2.75, 3.05) is 0 Å². The van der Waals surface area contributed by atoms with Gasteiger partial charge in [-0.05, 0) is 20.3 Å². The van der Waals surface area contributed by atoms with E-state index in [0.29, 0.717) is 6.42 Å². The third kappa shape index (κ3) is 2.23. The Bertz CT molecular complexity index is 160. The molecule has 0 N–H and O–H groups in total. The molecule has 56 valence electrons. The summed E-state index contributed by atoms with van der Waals surface area (Å²) in [7, 11) is 0. The number of rotatable bonds is 3. The molecule has 0 aliphatic carbocycles. The van der Waals surface area contributed by atoms with Crippen LogP contribution in [0.4, 0.5) is 0 Å². The SMILES string of the molecule is C#CC(C)(C)C(=O)CCC. The van der Waals surface area contributed by atoms with Gasteiger partial charge >= 0.3 is 0 Å². The molecule has 0 aromatic rings. The highest BCUT2D eigenvalue weighted by Gasteiger charge is 2.22. The van der Waals surface area contributed by atoms with Crippen molar-refractivity contribution < 1.29 is 4.79 Å². The van der Waals surface area contributed by atoms with E-state index in [1.807, 2.05) is 6.92 Å². The Labute approximate surface area is 62.8 Å². The first kappa shape index (κ1) is 9.23. The number of carbonyl (C=O) groups excluding carboxylic acids is 1. The van der Waals surface area contributed by atoms with Gasteiger partial charge in [0.2, 0.25) is 0 Å². The smallest absolute Gasteiger partial charge is 0.150 e. The fraction of sp³-hybridized carbons (Fsp3) is 0.667. The monoisotopic (exact) mass is 138 g/mol. The minimum Gasteiger partial charge on any atom is -0.298 e. The Morgan fingerprint density at radius 3 is 2.40 bits per heavy atom. The van der Waals surface area contributed by atoms with Gasteiger partial charge in [0.15, 0.2) is 0 Å². The molecule has 0 heterocycles. The molecule has 0 aliphatic heterocycles. The summed E-state index contributed by atoms with van der Waals surface area (Å²) in [5.74, 6) is 2.64. The lowest BCUT2D eigenvalue weighted by molar-refractivity contribution is -0.124. The summed E-state index contributed by atoms with van der Waals surface area (Å²) >= 11 is 0. The maximum atomic E-state index is 11.2. The summed E-state index contributed by atoms with van der Waals surface area (Å²) in [5.41, 5.74) is -0.560. The van der Waals surface area contributed by atoms with E-state index in [-0.39, 0.29) is 5.78 Å². The molecular weight excluding hydrogens is 124 g/mol. The predicted octanol–water partition coefficient (Wildman–Crippen LogP) is 2.01. The number of carbonyl (C=O) groups is 1. The zero-order chi connectivity index (χ0) is 8.20.